The Morgan fingerprint density at radius 3 is 1.71 bits per heavy atom. The van der Waals surface area contributed by atoms with E-state index in [1.807, 2.05) is 60.7 Å². The Morgan fingerprint density at radius 1 is 0.711 bits per heavy atom. The van der Waals surface area contributed by atoms with E-state index in [0.29, 0.717) is 34.2 Å². The molecule has 0 aliphatic carbocycles. The van der Waals surface area contributed by atoms with Crippen LogP contribution < -0.4 is 19.3 Å². The van der Waals surface area contributed by atoms with E-state index in [0.717, 1.165) is 11.1 Å². The van der Waals surface area contributed by atoms with E-state index in [4.69, 9.17) is 9.47 Å². The molecule has 45 heavy (non-hydrogen) atoms. The van der Waals surface area contributed by atoms with E-state index in [9.17, 15) is 19.5 Å². The lowest BCUT2D eigenvalue weighted by Crippen LogP contribution is -2.62. The van der Waals surface area contributed by atoms with Crippen molar-refractivity contribution in [2.45, 2.75) is 6.04 Å². The average Bonchev–Trinajstić information content (AvgIpc) is 3.25. The van der Waals surface area contributed by atoms with Crippen LogP contribution in [0.5, 0.6) is 11.5 Å². The number of methoxy groups -OCH3 is 2. The number of carboxylic acid groups (broad SMARTS) is 1. The molecule has 4 amide bonds. The maximum atomic E-state index is 14.5. The maximum Gasteiger partial charge on any atom is 0.330 e. The summed E-state index contributed by atoms with van der Waals surface area (Å²) in [4.78, 5) is 47.4. The standard InChI is InChI=1S/C35H32N4O6/c1-44-31-17-9-7-15-28(31)39(29-16-8-10-18-32(29)45-2)35(43)37-22-21-36(23-30(37)33(40)41)34(42)38-26-13-5-3-11-24(26)19-20-25-12-4-6-14-27(25)38/h3-20,30H,21-23H2,1-2H3,(H,40,41)/t30-/m0/s1. The Labute approximate surface area is 260 Å². The minimum absolute atomic E-state index is 0.0161. The molecule has 1 saturated heterocycles. The summed E-state index contributed by atoms with van der Waals surface area (Å²) < 4.78 is 11.2. The zero-order valence-electron chi connectivity index (χ0n) is 24.9. The highest BCUT2D eigenvalue weighted by Crippen LogP contribution is 2.40. The van der Waals surface area contributed by atoms with Gasteiger partial charge in [-0.25, -0.2) is 14.4 Å². The van der Waals surface area contributed by atoms with Crippen molar-refractivity contribution in [3.63, 3.8) is 0 Å². The molecular formula is C35H32N4O6. The third kappa shape index (κ3) is 5.42. The van der Waals surface area contributed by atoms with Crippen molar-refractivity contribution >= 4 is 52.9 Å². The summed E-state index contributed by atoms with van der Waals surface area (Å²) in [6.45, 7) is -0.105. The first-order valence-electron chi connectivity index (χ1n) is 14.5. The average molecular weight is 605 g/mol. The second-order valence-electron chi connectivity index (χ2n) is 10.5. The molecule has 1 fully saturated rings. The normalized spacial score (nSPS) is 15.4. The van der Waals surface area contributed by atoms with Crippen molar-refractivity contribution in [2.75, 3.05) is 43.7 Å². The first kappa shape index (κ1) is 29.3. The van der Waals surface area contributed by atoms with Gasteiger partial charge in [-0.05, 0) is 47.5 Å². The number of fused-ring (bicyclic) bond motifs is 2. The number of benzene rings is 4. The summed E-state index contributed by atoms with van der Waals surface area (Å²) in [7, 11) is 3.01. The number of anilines is 4. The van der Waals surface area contributed by atoms with E-state index in [2.05, 4.69) is 0 Å². The SMILES string of the molecule is COc1ccccc1N(C(=O)N1CCN(C(=O)N2c3ccccc3C=Cc3ccccc32)C[C@H]1C(=O)O)c1ccccc1OC. The largest absolute Gasteiger partial charge is 0.495 e. The van der Waals surface area contributed by atoms with Crippen LogP contribution in [0.2, 0.25) is 0 Å². The quantitative estimate of drug-likeness (QED) is 0.280. The number of hydrogen-bond acceptors (Lipinski definition) is 5. The molecule has 1 N–H and O–H groups in total. The Bertz CT molecular complexity index is 1690. The highest BCUT2D eigenvalue weighted by Gasteiger charge is 2.42. The number of ether oxygens (including phenoxy) is 2. The number of carboxylic acids is 1. The van der Waals surface area contributed by atoms with Gasteiger partial charge in [0.15, 0.2) is 0 Å². The third-order valence-electron chi connectivity index (χ3n) is 8.01. The van der Waals surface area contributed by atoms with Gasteiger partial charge in [0.05, 0.1) is 43.5 Å². The summed E-state index contributed by atoms with van der Waals surface area (Å²) in [6.07, 6.45) is 3.92. The van der Waals surface area contributed by atoms with Crippen molar-refractivity contribution < 1.29 is 29.0 Å². The molecule has 0 unspecified atom stereocenters. The van der Waals surface area contributed by atoms with Crippen LogP contribution in [0.4, 0.5) is 32.3 Å². The lowest BCUT2D eigenvalue weighted by Gasteiger charge is -2.43. The van der Waals surface area contributed by atoms with Crippen molar-refractivity contribution in [2.24, 2.45) is 0 Å². The lowest BCUT2D eigenvalue weighted by molar-refractivity contribution is -0.143. The Morgan fingerprint density at radius 2 is 1.20 bits per heavy atom. The minimum atomic E-state index is -1.32. The molecule has 0 saturated carbocycles. The fraction of sp³-hybridized carbons (Fsp3) is 0.171. The Hall–Kier alpha value is -5.77. The molecule has 4 aromatic rings. The van der Waals surface area contributed by atoms with Crippen LogP contribution in [0, 0.1) is 0 Å². The number of carbonyl (C=O) groups is 3. The van der Waals surface area contributed by atoms with Gasteiger partial charge >= 0.3 is 18.0 Å². The van der Waals surface area contributed by atoms with Gasteiger partial charge in [-0.15, -0.1) is 0 Å². The van der Waals surface area contributed by atoms with Gasteiger partial charge in [-0.1, -0.05) is 72.8 Å². The molecule has 4 aromatic carbocycles. The highest BCUT2D eigenvalue weighted by molar-refractivity contribution is 6.07. The van der Waals surface area contributed by atoms with E-state index in [-0.39, 0.29) is 25.7 Å². The number of carbonyl (C=O) groups excluding carboxylic acids is 2. The van der Waals surface area contributed by atoms with E-state index >= 15 is 0 Å². The van der Waals surface area contributed by atoms with Gasteiger partial charge in [0.2, 0.25) is 0 Å². The second-order valence-corrected chi connectivity index (χ2v) is 10.5. The van der Waals surface area contributed by atoms with Crippen LogP contribution in [0.25, 0.3) is 12.2 Å². The van der Waals surface area contributed by atoms with Crippen molar-refractivity contribution in [3.8, 4) is 11.5 Å². The number of nitrogens with zero attached hydrogens (tertiary/aromatic N) is 4. The Kier molecular flexibility index (Phi) is 8.11. The Balaban J connectivity index is 1.35. The number of hydrogen-bond donors (Lipinski definition) is 1. The predicted molar refractivity (Wildman–Crippen MR) is 173 cm³/mol. The predicted octanol–water partition coefficient (Wildman–Crippen LogP) is 6.47. The molecule has 228 valence electrons. The summed E-state index contributed by atoms with van der Waals surface area (Å²) in [5, 5.41) is 10.4. The molecule has 10 heteroatoms. The van der Waals surface area contributed by atoms with Crippen LogP contribution in [0.15, 0.2) is 97.1 Å². The molecule has 10 nitrogen and oxygen atoms in total. The minimum Gasteiger partial charge on any atom is -0.495 e. The number of piperazine rings is 1. The molecule has 0 bridgehead atoms. The van der Waals surface area contributed by atoms with Gasteiger partial charge in [0.25, 0.3) is 0 Å². The van der Waals surface area contributed by atoms with Crippen LogP contribution in [-0.2, 0) is 4.79 Å². The highest BCUT2D eigenvalue weighted by atomic mass is 16.5. The molecule has 0 aromatic heterocycles. The van der Waals surface area contributed by atoms with Gasteiger partial charge < -0.3 is 24.4 Å². The van der Waals surface area contributed by atoms with Crippen LogP contribution in [-0.4, -0.2) is 72.8 Å². The summed E-state index contributed by atoms with van der Waals surface area (Å²) in [5.41, 5.74) is 3.93. The lowest BCUT2D eigenvalue weighted by atomic mass is 10.1. The zero-order valence-corrected chi connectivity index (χ0v) is 24.9. The number of para-hydroxylation sites is 6. The van der Waals surface area contributed by atoms with Crippen LogP contribution in [0.3, 0.4) is 0 Å². The first-order valence-corrected chi connectivity index (χ1v) is 14.5. The number of amides is 4. The monoisotopic (exact) mass is 604 g/mol. The summed E-state index contributed by atoms with van der Waals surface area (Å²) >= 11 is 0. The molecule has 0 radical (unpaired) electrons. The van der Waals surface area contributed by atoms with E-state index in [1.165, 1.54) is 28.9 Å². The van der Waals surface area contributed by atoms with Crippen molar-refractivity contribution in [1.29, 1.82) is 0 Å². The van der Waals surface area contributed by atoms with Gasteiger partial charge in [-0.3, -0.25) is 9.80 Å². The molecule has 2 heterocycles. The molecule has 0 spiro atoms. The van der Waals surface area contributed by atoms with Crippen molar-refractivity contribution in [3.05, 3.63) is 108 Å². The fourth-order valence-corrected chi connectivity index (χ4v) is 5.81. The van der Waals surface area contributed by atoms with E-state index < -0.39 is 18.0 Å². The molecule has 6 rings (SSSR count). The topological polar surface area (TPSA) is 103 Å². The first-order chi connectivity index (χ1) is 21.9. The van der Waals surface area contributed by atoms with E-state index in [1.54, 1.807) is 53.4 Å². The molecule has 1 atom stereocenters. The molecular weight excluding hydrogens is 572 g/mol. The summed E-state index contributed by atoms with van der Waals surface area (Å²) in [5.74, 6) is -0.381. The third-order valence-corrected chi connectivity index (χ3v) is 8.01. The summed E-state index contributed by atoms with van der Waals surface area (Å²) in [6, 6.07) is 26.9. The van der Waals surface area contributed by atoms with Crippen LogP contribution in [0.1, 0.15) is 11.1 Å². The number of rotatable bonds is 5. The van der Waals surface area contributed by atoms with Gasteiger partial charge in [0, 0.05) is 13.1 Å². The van der Waals surface area contributed by atoms with Crippen molar-refractivity contribution in [1.82, 2.24) is 9.80 Å². The smallest absolute Gasteiger partial charge is 0.330 e. The molecule has 2 aliphatic heterocycles. The fourth-order valence-electron chi connectivity index (χ4n) is 5.81. The molecule has 2 aliphatic rings. The zero-order chi connectivity index (χ0) is 31.5. The number of aliphatic carboxylic acids is 1. The second kappa shape index (κ2) is 12.5. The van der Waals surface area contributed by atoms with Gasteiger partial charge in [-0.2, -0.15) is 0 Å². The number of urea groups is 2. The van der Waals surface area contributed by atoms with Crippen LogP contribution >= 0.6 is 0 Å². The van der Waals surface area contributed by atoms with Gasteiger partial charge in [0.1, 0.15) is 17.5 Å². The maximum absolute atomic E-state index is 14.5.